The van der Waals surface area contributed by atoms with E-state index in [1.807, 2.05) is 57.2 Å². The van der Waals surface area contributed by atoms with Gasteiger partial charge in [0.05, 0.1) is 16.9 Å². The Balaban J connectivity index is 1.53. The lowest BCUT2D eigenvalue weighted by atomic mass is 10.0. The highest BCUT2D eigenvalue weighted by atomic mass is 16.4. The van der Waals surface area contributed by atoms with Gasteiger partial charge in [-0.1, -0.05) is 42.0 Å². The number of rotatable bonds is 5. The van der Waals surface area contributed by atoms with Crippen molar-refractivity contribution in [2.75, 3.05) is 10.3 Å². The Morgan fingerprint density at radius 1 is 0.865 bits per heavy atom. The van der Waals surface area contributed by atoms with Crippen LogP contribution in [0.25, 0.3) is 11.1 Å². The zero-order valence-corrected chi connectivity index (χ0v) is 20.6. The fraction of sp³-hybridized carbons (Fsp3) is 0.100. The third kappa shape index (κ3) is 4.31. The first-order valence-corrected chi connectivity index (χ1v) is 11.8. The molecule has 0 radical (unpaired) electrons. The number of carbonyl (C=O) groups is 2. The Morgan fingerprint density at radius 2 is 1.65 bits per heavy atom. The van der Waals surface area contributed by atoms with Gasteiger partial charge in [-0.25, -0.2) is 4.79 Å². The Kier molecular flexibility index (Phi) is 5.97. The molecule has 0 saturated carbocycles. The van der Waals surface area contributed by atoms with Crippen molar-refractivity contribution in [3.8, 4) is 16.9 Å². The Morgan fingerprint density at radius 3 is 2.41 bits per heavy atom. The van der Waals surface area contributed by atoms with Gasteiger partial charge in [-0.3, -0.25) is 15.1 Å². The first kappa shape index (κ1) is 23.8. The second-order valence-corrected chi connectivity index (χ2v) is 9.09. The van der Waals surface area contributed by atoms with E-state index in [0.717, 1.165) is 28.1 Å². The summed E-state index contributed by atoms with van der Waals surface area (Å²) in [6.07, 6.45) is 0. The van der Waals surface area contributed by atoms with Crippen LogP contribution in [0.3, 0.4) is 0 Å². The first-order valence-electron chi connectivity index (χ1n) is 11.8. The van der Waals surface area contributed by atoms with E-state index in [1.54, 1.807) is 35.2 Å². The Bertz CT molecular complexity index is 1610. The number of aromatic hydroxyl groups is 1. The molecule has 0 saturated heterocycles. The van der Waals surface area contributed by atoms with E-state index in [1.165, 1.54) is 12.1 Å². The van der Waals surface area contributed by atoms with E-state index >= 15 is 0 Å². The van der Waals surface area contributed by atoms with Crippen LogP contribution in [0.15, 0.2) is 84.0 Å². The topological polar surface area (TPSA) is 102 Å². The maximum Gasteiger partial charge on any atom is 0.335 e. The highest BCUT2D eigenvalue weighted by molar-refractivity contribution is 6.55. The van der Waals surface area contributed by atoms with Crippen molar-refractivity contribution in [1.29, 1.82) is 0 Å². The molecule has 0 spiro atoms. The first-order chi connectivity index (χ1) is 17.7. The molecule has 7 heteroatoms. The van der Waals surface area contributed by atoms with Gasteiger partial charge in [-0.15, -0.1) is 0 Å². The van der Waals surface area contributed by atoms with E-state index in [9.17, 15) is 19.8 Å². The summed E-state index contributed by atoms with van der Waals surface area (Å²) >= 11 is 0. The smallest absolute Gasteiger partial charge is 0.335 e. The average Bonchev–Trinajstić information content (AvgIpc) is 3.15. The molecule has 0 bridgehead atoms. The van der Waals surface area contributed by atoms with E-state index in [4.69, 9.17) is 0 Å². The molecule has 4 aromatic rings. The summed E-state index contributed by atoms with van der Waals surface area (Å²) in [5.41, 5.74) is 9.89. The lowest BCUT2D eigenvalue weighted by molar-refractivity contribution is -0.111. The normalized spacial score (nSPS) is 13.6. The van der Waals surface area contributed by atoms with Crippen LogP contribution in [0, 0.1) is 20.8 Å². The Labute approximate surface area is 214 Å². The predicted molar refractivity (Wildman–Crippen MR) is 145 cm³/mol. The van der Waals surface area contributed by atoms with Gasteiger partial charge in [0, 0.05) is 16.8 Å². The molecule has 7 nitrogen and oxygen atoms in total. The molecule has 1 heterocycles. The second-order valence-electron chi connectivity index (χ2n) is 9.09. The van der Waals surface area contributed by atoms with Crippen LogP contribution in [-0.4, -0.2) is 27.8 Å². The van der Waals surface area contributed by atoms with E-state index in [-0.39, 0.29) is 28.6 Å². The SMILES string of the molecule is Cc1ccc2c(c1)/C(=N/Nc1cccc(-c3cccc(C(=O)O)c3)c1O)C(=O)N2c1ccc(C)c(C)c1. The van der Waals surface area contributed by atoms with Crippen molar-refractivity contribution >= 4 is 34.7 Å². The van der Waals surface area contributed by atoms with Crippen LogP contribution < -0.4 is 10.3 Å². The molecular formula is C30H25N3O4. The van der Waals surface area contributed by atoms with Crippen LogP contribution in [0.4, 0.5) is 17.1 Å². The number of hydrogen-bond acceptors (Lipinski definition) is 5. The molecule has 3 N–H and O–H groups in total. The Hall–Kier alpha value is -4.91. The number of amides is 1. The number of phenols is 1. The van der Waals surface area contributed by atoms with Gasteiger partial charge >= 0.3 is 5.97 Å². The number of nitrogens with zero attached hydrogens (tertiary/aromatic N) is 2. The molecule has 0 aromatic heterocycles. The standard InChI is InChI=1S/C30H25N3O4/c1-17-10-13-26-24(14-17)27(29(35)33(26)22-12-11-18(2)19(3)15-22)32-31-25-9-5-8-23(28(25)34)20-6-4-7-21(16-20)30(36)37/h4-16,31,34H,1-3H3,(H,36,37)/b32-27-. The molecule has 184 valence electrons. The van der Waals surface area contributed by atoms with Crippen LogP contribution >= 0.6 is 0 Å². The molecule has 4 aromatic carbocycles. The molecule has 0 unspecified atom stereocenters. The lowest BCUT2D eigenvalue weighted by Crippen LogP contribution is -2.26. The zero-order chi connectivity index (χ0) is 26.3. The fourth-order valence-corrected chi connectivity index (χ4v) is 4.40. The highest BCUT2D eigenvalue weighted by Crippen LogP contribution is 2.38. The molecule has 1 aliphatic rings. The van der Waals surface area contributed by atoms with Crippen molar-refractivity contribution in [3.05, 3.63) is 107 Å². The lowest BCUT2D eigenvalue weighted by Gasteiger charge is -2.18. The van der Waals surface area contributed by atoms with Crippen LogP contribution in [0.5, 0.6) is 5.75 Å². The number of hydrogen-bond donors (Lipinski definition) is 3. The summed E-state index contributed by atoms with van der Waals surface area (Å²) in [5, 5.41) is 24.7. The number of fused-ring (bicyclic) bond motifs is 1. The number of benzene rings is 4. The van der Waals surface area contributed by atoms with Gasteiger partial charge in [0.2, 0.25) is 0 Å². The molecule has 0 atom stereocenters. The molecule has 37 heavy (non-hydrogen) atoms. The number of carboxylic acid groups (broad SMARTS) is 1. The second kappa shape index (κ2) is 9.28. The van der Waals surface area contributed by atoms with Gasteiger partial charge in [-0.05, 0) is 79.9 Å². The quantitative estimate of drug-likeness (QED) is 0.229. The minimum Gasteiger partial charge on any atom is -0.505 e. The van der Waals surface area contributed by atoms with E-state index in [0.29, 0.717) is 16.7 Å². The number of aryl methyl sites for hydroxylation is 3. The van der Waals surface area contributed by atoms with Crippen molar-refractivity contribution in [2.45, 2.75) is 20.8 Å². The zero-order valence-electron chi connectivity index (χ0n) is 20.6. The number of para-hydroxylation sites is 1. The minimum absolute atomic E-state index is 0.102. The van der Waals surface area contributed by atoms with Gasteiger partial charge in [-0.2, -0.15) is 5.10 Å². The molecule has 1 amide bonds. The maximum atomic E-state index is 13.6. The molecule has 1 aliphatic heterocycles. The summed E-state index contributed by atoms with van der Waals surface area (Å²) in [6.45, 7) is 5.99. The summed E-state index contributed by atoms with van der Waals surface area (Å²) < 4.78 is 0. The number of carbonyl (C=O) groups excluding carboxylic acids is 1. The van der Waals surface area contributed by atoms with Crippen molar-refractivity contribution in [2.24, 2.45) is 5.10 Å². The highest BCUT2D eigenvalue weighted by Gasteiger charge is 2.35. The van der Waals surface area contributed by atoms with Crippen molar-refractivity contribution < 1.29 is 19.8 Å². The summed E-state index contributed by atoms with van der Waals surface area (Å²) in [5.74, 6) is -1.43. The van der Waals surface area contributed by atoms with Crippen LogP contribution in [-0.2, 0) is 4.79 Å². The van der Waals surface area contributed by atoms with Crippen LogP contribution in [0.2, 0.25) is 0 Å². The number of phenolic OH excluding ortho intramolecular Hbond substituents is 1. The number of nitrogens with one attached hydrogen (secondary N) is 1. The minimum atomic E-state index is -1.05. The largest absolute Gasteiger partial charge is 0.505 e. The van der Waals surface area contributed by atoms with Gasteiger partial charge in [0.25, 0.3) is 5.91 Å². The number of aromatic carboxylic acids is 1. The molecular weight excluding hydrogens is 466 g/mol. The molecule has 0 fully saturated rings. The number of anilines is 3. The average molecular weight is 492 g/mol. The summed E-state index contributed by atoms with van der Waals surface area (Å²) in [4.78, 5) is 26.6. The third-order valence-corrected chi connectivity index (χ3v) is 6.55. The fourth-order valence-electron chi connectivity index (χ4n) is 4.40. The van der Waals surface area contributed by atoms with Crippen LogP contribution in [0.1, 0.15) is 32.6 Å². The maximum absolute atomic E-state index is 13.6. The van der Waals surface area contributed by atoms with Crippen molar-refractivity contribution in [1.82, 2.24) is 0 Å². The van der Waals surface area contributed by atoms with Gasteiger partial charge < -0.3 is 10.2 Å². The third-order valence-electron chi connectivity index (χ3n) is 6.55. The van der Waals surface area contributed by atoms with Crippen molar-refractivity contribution in [3.63, 3.8) is 0 Å². The molecule has 5 rings (SSSR count). The monoisotopic (exact) mass is 491 g/mol. The van der Waals surface area contributed by atoms with E-state index in [2.05, 4.69) is 10.5 Å². The van der Waals surface area contributed by atoms with Gasteiger partial charge in [0.1, 0.15) is 5.75 Å². The summed E-state index contributed by atoms with van der Waals surface area (Å²) in [6, 6.07) is 23.0. The number of hydrazone groups is 1. The van der Waals surface area contributed by atoms with E-state index < -0.39 is 5.97 Å². The molecule has 0 aliphatic carbocycles. The predicted octanol–water partition coefficient (Wildman–Crippen LogP) is 6.18. The number of carboxylic acids is 1. The summed E-state index contributed by atoms with van der Waals surface area (Å²) in [7, 11) is 0. The van der Waals surface area contributed by atoms with Gasteiger partial charge in [0.15, 0.2) is 5.71 Å².